The molecule has 2 aliphatic rings. The molecule has 2 aromatic heterocycles. The molecule has 0 bridgehead atoms. The van der Waals surface area contributed by atoms with Crippen LogP contribution in [0.3, 0.4) is 0 Å². The summed E-state index contributed by atoms with van der Waals surface area (Å²) < 4.78 is 2.09. The summed E-state index contributed by atoms with van der Waals surface area (Å²) in [6, 6.07) is 8.05. The first kappa shape index (κ1) is 17.0. The standard InChI is InChI=1S/C21H23N5O2/c22-19(27)16-12-23-11-15-14-5-1-2-6-17(14)26(18(15)16)25-10-4-8-21(13-25)7-3-9-24-20(21)28/h1-2,5-6,11-12H,3-4,7-10,13H2,(H2,22,27)(H,24,28). The molecule has 4 heterocycles. The highest BCUT2D eigenvalue weighted by molar-refractivity contribution is 6.15. The van der Waals surface area contributed by atoms with Crippen LogP contribution in [0.15, 0.2) is 36.7 Å². The fourth-order valence-electron chi connectivity index (χ4n) is 4.96. The van der Waals surface area contributed by atoms with Crippen molar-refractivity contribution in [2.45, 2.75) is 25.7 Å². The lowest BCUT2D eigenvalue weighted by Crippen LogP contribution is -2.57. The van der Waals surface area contributed by atoms with Crippen molar-refractivity contribution in [3.63, 3.8) is 0 Å². The summed E-state index contributed by atoms with van der Waals surface area (Å²) in [5.41, 5.74) is 7.50. The highest BCUT2D eigenvalue weighted by atomic mass is 16.2. The first-order valence-corrected chi connectivity index (χ1v) is 9.81. The predicted octanol–water partition coefficient (Wildman–Crippen LogP) is 1.92. The first-order chi connectivity index (χ1) is 13.6. The topological polar surface area (TPSA) is 93.2 Å². The molecule has 0 radical (unpaired) electrons. The number of hydrogen-bond donors (Lipinski definition) is 2. The molecule has 3 N–H and O–H groups in total. The maximum atomic E-state index is 12.8. The predicted molar refractivity (Wildman–Crippen MR) is 108 cm³/mol. The third-order valence-corrected chi connectivity index (χ3v) is 6.26. The third kappa shape index (κ3) is 2.38. The Kier molecular flexibility index (Phi) is 3.79. The molecule has 2 saturated heterocycles. The molecule has 2 fully saturated rings. The number of para-hydroxylation sites is 1. The van der Waals surface area contributed by atoms with Gasteiger partial charge in [0.1, 0.15) is 0 Å². The Labute approximate surface area is 162 Å². The van der Waals surface area contributed by atoms with Crippen LogP contribution in [0, 0.1) is 5.41 Å². The minimum atomic E-state index is -0.496. The van der Waals surface area contributed by atoms with Crippen LogP contribution in [0.25, 0.3) is 21.8 Å². The van der Waals surface area contributed by atoms with Gasteiger partial charge >= 0.3 is 0 Å². The fourth-order valence-corrected chi connectivity index (χ4v) is 4.96. The van der Waals surface area contributed by atoms with E-state index in [1.54, 1.807) is 6.20 Å². The molecule has 7 heteroatoms. The number of pyridine rings is 1. The molecule has 3 aromatic rings. The minimum Gasteiger partial charge on any atom is -0.365 e. The number of primary amides is 1. The summed E-state index contributed by atoms with van der Waals surface area (Å²) in [5.74, 6) is -0.342. The van der Waals surface area contributed by atoms with Crippen LogP contribution in [0.1, 0.15) is 36.0 Å². The molecular weight excluding hydrogens is 354 g/mol. The smallest absolute Gasteiger partial charge is 0.252 e. The van der Waals surface area contributed by atoms with Crippen LogP contribution in [-0.2, 0) is 4.79 Å². The molecule has 1 spiro atoms. The molecule has 5 rings (SSSR count). The number of amides is 2. The molecule has 1 unspecified atom stereocenters. The maximum Gasteiger partial charge on any atom is 0.252 e. The number of piperidine rings is 2. The van der Waals surface area contributed by atoms with Crippen LogP contribution >= 0.6 is 0 Å². The van der Waals surface area contributed by atoms with E-state index in [4.69, 9.17) is 5.73 Å². The lowest BCUT2D eigenvalue weighted by atomic mass is 9.74. The second-order valence-corrected chi connectivity index (χ2v) is 7.91. The van der Waals surface area contributed by atoms with Crippen molar-refractivity contribution < 1.29 is 9.59 Å². The number of fused-ring (bicyclic) bond motifs is 3. The Morgan fingerprint density at radius 1 is 1.14 bits per heavy atom. The second-order valence-electron chi connectivity index (χ2n) is 7.91. The van der Waals surface area contributed by atoms with Crippen LogP contribution in [0.4, 0.5) is 0 Å². The van der Waals surface area contributed by atoms with E-state index in [-0.39, 0.29) is 11.3 Å². The average Bonchev–Trinajstić information content (AvgIpc) is 3.05. The largest absolute Gasteiger partial charge is 0.365 e. The number of benzene rings is 1. The van der Waals surface area contributed by atoms with Gasteiger partial charge in [0.2, 0.25) is 5.91 Å². The zero-order valence-corrected chi connectivity index (χ0v) is 15.6. The number of carbonyl (C=O) groups excluding carboxylic acids is 2. The second kappa shape index (κ2) is 6.22. The molecule has 1 aromatic carbocycles. The summed E-state index contributed by atoms with van der Waals surface area (Å²) in [5, 5.41) is 7.20. The summed E-state index contributed by atoms with van der Waals surface area (Å²) in [6.07, 6.45) is 7.05. The van der Waals surface area contributed by atoms with Gasteiger partial charge in [0.05, 0.1) is 22.0 Å². The Morgan fingerprint density at radius 3 is 2.79 bits per heavy atom. The molecule has 1 atom stereocenters. The number of carbonyl (C=O) groups is 2. The average molecular weight is 377 g/mol. The molecule has 28 heavy (non-hydrogen) atoms. The van der Waals surface area contributed by atoms with E-state index in [0.717, 1.165) is 60.6 Å². The Hall–Kier alpha value is -3.09. The van der Waals surface area contributed by atoms with Crippen molar-refractivity contribution in [3.05, 3.63) is 42.2 Å². The quantitative estimate of drug-likeness (QED) is 0.713. The molecule has 7 nitrogen and oxygen atoms in total. The van der Waals surface area contributed by atoms with Crippen LogP contribution in [0.5, 0.6) is 0 Å². The van der Waals surface area contributed by atoms with Gasteiger partial charge in [-0.15, -0.1) is 0 Å². The fraction of sp³-hybridized carbons (Fsp3) is 0.381. The van der Waals surface area contributed by atoms with Crippen LogP contribution in [-0.4, -0.2) is 41.1 Å². The number of aromatic nitrogens is 2. The van der Waals surface area contributed by atoms with E-state index in [1.165, 1.54) is 6.20 Å². The van der Waals surface area contributed by atoms with E-state index < -0.39 is 5.91 Å². The summed E-state index contributed by atoms with van der Waals surface area (Å²) >= 11 is 0. The monoisotopic (exact) mass is 377 g/mol. The van der Waals surface area contributed by atoms with E-state index in [2.05, 4.69) is 20.0 Å². The molecule has 2 aliphatic heterocycles. The van der Waals surface area contributed by atoms with Crippen molar-refractivity contribution in [1.82, 2.24) is 15.0 Å². The van der Waals surface area contributed by atoms with Gasteiger partial charge in [0.25, 0.3) is 5.91 Å². The lowest BCUT2D eigenvalue weighted by molar-refractivity contribution is -0.134. The van der Waals surface area contributed by atoms with Crippen molar-refractivity contribution in [2.24, 2.45) is 11.1 Å². The maximum absolute atomic E-state index is 12.8. The SMILES string of the molecule is NC(=O)c1cncc2c3ccccc3n(N3CCCC4(CCCNC4=O)C3)c12. The first-order valence-electron chi connectivity index (χ1n) is 9.81. The third-order valence-electron chi connectivity index (χ3n) is 6.26. The minimum absolute atomic E-state index is 0.154. The highest BCUT2D eigenvalue weighted by Gasteiger charge is 2.44. The van der Waals surface area contributed by atoms with E-state index >= 15 is 0 Å². The van der Waals surface area contributed by atoms with Gasteiger partial charge in [0.15, 0.2) is 0 Å². The Bertz CT molecular complexity index is 1100. The molecule has 0 aliphatic carbocycles. The van der Waals surface area contributed by atoms with Gasteiger partial charge in [-0.2, -0.15) is 0 Å². The zero-order chi connectivity index (χ0) is 19.3. The number of nitrogens with zero attached hydrogens (tertiary/aromatic N) is 3. The van der Waals surface area contributed by atoms with Crippen LogP contribution < -0.4 is 16.1 Å². The number of rotatable bonds is 2. The van der Waals surface area contributed by atoms with Crippen LogP contribution in [0.2, 0.25) is 0 Å². The van der Waals surface area contributed by atoms with Gasteiger partial charge in [-0.05, 0) is 31.7 Å². The van der Waals surface area contributed by atoms with Gasteiger partial charge in [-0.25, -0.2) is 0 Å². The van der Waals surface area contributed by atoms with E-state index in [9.17, 15) is 9.59 Å². The van der Waals surface area contributed by atoms with Crippen molar-refractivity contribution in [1.29, 1.82) is 0 Å². The van der Waals surface area contributed by atoms with Gasteiger partial charge in [-0.3, -0.25) is 19.2 Å². The molecule has 144 valence electrons. The number of nitrogens with one attached hydrogen (secondary N) is 1. The number of nitrogens with two attached hydrogens (primary N) is 1. The Balaban J connectivity index is 1.73. The van der Waals surface area contributed by atoms with Gasteiger partial charge in [-0.1, -0.05) is 18.2 Å². The molecule has 0 saturated carbocycles. The van der Waals surface area contributed by atoms with Gasteiger partial charge < -0.3 is 16.1 Å². The molecular formula is C21H23N5O2. The summed E-state index contributed by atoms with van der Waals surface area (Å²) in [4.78, 5) is 29.2. The lowest BCUT2D eigenvalue weighted by Gasteiger charge is -2.45. The number of hydrogen-bond acceptors (Lipinski definition) is 4. The van der Waals surface area contributed by atoms with Gasteiger partial charge in [0, 0.05) is 42.8 Å². The van der Waals surface area contributed by atoms with Crippen molar-refractivity contribution in [2.75, 3.05) is 24.6 Å². The Morgan fingerprint density at radius 2 is 1.96 bits per heavy atom. The molecule has 2 amide bonds. The zero-order valence-electron chi connectivity index (χ0n) is 15.6. The normalized spacial score (nSPS) is 22.7. The summed E-state index contributed by atoms with van der Waals surface area (Å²) in [6.45, 7) is 2.21. The summed E-state index contributed by atoms with van der Waals surface area (Å²) in [7, 11) is 0. The highest BCUT2D eigenvalue weighted by Crippen LogP contribution is 2.38. The van der Waals surface area contributed by atoms with E-state index in [0.29, 0.717) is 12.1 Å². The van der Waals surface area contributed by atoms with E-state index in [1.807, 2.05) is 24.3 Å². The van der Waals surface area contributed by atoms with Crippen molar-refractivity contribution >= 4 is 33.6 Å². The van der Waals surface area contributed by atoms with Crippen molar-refractivity contribution in [3.8, 4) is 0 Å².